The van der Waals surface area contributed by atoms with E-state index < -0.39 is 37.2 Å². The Balaban J connectivity index is 0.00000739. The van der Waals surface area contributed by atoms with Gasteiger partial charge in [0.15, 0.2) is 0 Å². The van der Waals surface area contributed by atoms with Crippen molar-refractivity contribution in [3.05, 3.63) is 235 Å². The Morgan fingerprint density at radius 3 is 1.93 bits per heavy atom. The summed E-state index contributed by atoms with van der Waals surface area (Å²) in [4.78, 5) is 4.86. The summed E-state index contributed by atoms with van der Waals surface area (Å²) < 4.78 is 110. The minimum atomic E-state index is -2.68. The fraction of sp³-hybridized carbons (Fsp3) is 0.143. The molecule has 0 saturated carbocycles. The van der Waals surface area contributed by atoms with E-state index in [-0.39, 0.29) is 60.8 Å². The molecule has 4 heterocycles. The Hall–Kier alpha value is -8.11. The topological polar surface area (TPSA) is 35.9 Å². The number of ether oxygens (including phenoxy) is 1. The molecule has 0 atom stereocenters. The molecule has 5 nitrogen and oxygen atoms in total. The number of para-hydroxylation sites is 1. The van der Waals surface area contributed by atoms with E-state index in [9.17, 15) is 2.74 Å². The third-order valence-electron chi connectivity index (χ3n) is 14.4. The molecule has 0 bridgehead atoms. The van der Waals surface area contributed by atoms with Crippen molar-refractivity contribution in [2.24, 2.45) is 0 Å². The van der Waals surface area contributed by atoms with Crippen molar-refractivity contribution >= 4 is 32.8 Å². The Morgan fingerprint density at radius 1 is 0.566 bits per heavy atom. The van der Waals surface area contributed by atoms with Gasteiger partial charge in [-0.2, -0.15) is 18.2 Å². The number of nitrogens with zero attached hydrogens (tertiary/aromatic N) is 4. The molecule has 0 fully saturated rings. The molecule has 13 rings (SSSR count). The van der Waals surface area contributed by atoms with Gasteiger partial charge in [-0.25, -0.2) is 4.98 Å². The molecule has 76 heavy (non-hydrogen) atoms. The fourth-order valence-corrected chi connectivity index (χ4v) is 10.8. The largest absolute Gasteiger partial charge is 0.510 e. The van der Waals surface area contributed by atoms with Gasteiger partial charge in [0.05, 0.1) is 23.6 Å². The van der Waals surface area contributed by atoms with Crippen LogP contribution in [0.25, 0.3) is 106 Å². The first-order valence-electron chi connectivity index (χ1n) is 30.5. The fourth-order valence-electron chi connectivity index (χ4n) is 10.8. The minimum absolute atomic E-state index is 0. The molecule has 0 spiro atoms. The van der Waals surface area contributed by atoms with Gasteiger partial charge in [-0.3, -0.25) is 4.57 Å². The minimum Gasteiger partial charge on any atom is -0.510 e. The molecule has 0 radical (unpaired) electrons. The van der Waals surface area contributed by atoms with Crippen LogP contribution in [0.2, 0.25) is 0 Å². The zero-order valence-electron chi connectivity index (χ0n) is 53.6. The normalized spacial score (nSPS) is 14.5. The predicted molar refractivity (Wildman–Crippen MR) is 308 cm³/mol. The number of imidazole rings is 1. The van der Waals surface area contributed by atoms with Crippen molar-refractivity contribution in [3.8, 4) is 84.3 Å². The summed E-state index contributed by atoms with van der Waals surface area (Å²) in [7, 11) is 0. The van der Waals surface area contributed by atoms with Crippen LogP contribution < -0.4 is 9.30 Å². The third-order valence-corrected chi connectivity index (χ3v) is 14.4. The van der Waals surface area contributed by atoms with E-state index in [2.05, 4.69) is 82.8 Å². The van der Waals surface area contributed by atoms with Gasteiger partial charge in [0.25, 0.3) is 6.33 Å². The number of pyridine rings is 1. The first-order valence-corrected chi connectivity index (χ1v) is 25.0. The summed E-state index contributed by atoms with van der Waals surface area (Å²) in [6.45, 7) is 7.31. The molecule has 1 aliphatic rings. The van der Waals surface area contributed by atoms with Gasteiger partial charge in [0.1, 0.15) is 5.82 Å². The Bertz CT molecular complexity index is 4750. The van der Waals surface area contributed by atoms with Gasteiger partial charge in [-0.05, 0) is 144 Å². The van der Waals surface area contributed by atoms with Crippen LogP contribution in [0.5, 0.6) is 11.5 Å². The first-order chi connectivity index (χ1) is 40.8. The molecule has 0 saturated heterocycles. The molecule has 0 unspecified atom stereocenters. The number of benzene rings is 9. The van der Waals surface area contributed by atoms with Crippen LogP contribution in [0.1, 0.15) is 78.9 Å². The zero-order valence-corrected chi connectivity index (χ0v) is 44.9. The standard InChI is InChI=1S/C70H56N4O.Pt/c1-44-20-18-21-45(2)66(44)48-37-59-55-28-14-12-26-53(55)54-27-13-15-29-56(54)60-36-47(46-22-10-9-11-23-46)39-64-68(60)73(67(59)61(38-48)70(6,7)8)43-72(64)50-24-19-25-51(41-50)75-52-32-33-58-57-30-16-17-31-62(57)74(63(58)42-52)65-40-49(34-35-71-65)69(3,4)5;/h9-40H,1-8H3;/q-2;/i1D3,2D3,9D,10D,11D,22D,23D;. The van der Waals surface area contributed by atoms with Crippen molar-refractivity contribution in [1.82, 2.24) is 14.1 Å². The summed E-state index contributed by atoms with van der Waals surface area (Å²) in [5, 5.41) is 2.00. The van der Waals surface area contributed by atoms with E-state index in [0.717, 1.165) is 61.0 Å². The molecule has 0 amide bonds. The molecular formula is C70H56N4OPt-2. The maximum absolute atomic E-state index is 9.31. The molecule has 12 aromatic rings. The molecule has 0 aliphatic carbocycles. The van der Waals surface area contributed by atoms with E-state index in [1.54, 1.807) is 6.07 Å². The molecule has 3 aromatic heterocycles. The van der Waals surface area contributed by atoms with Gasteiger partial charge < -0.3 is 13.9 Å². The second-order valence-electron chi connectivity index (χ2n) is 21.2. The molecule has 6 heteroatoms. The summed E-state index contributed by atoms with van der Waals surface area (Å²) in [5.74, 6) is 1.51. The van der Waals surface area contributed by atoms with Crippen LogP contribution in [0.15, 0.2) is 194 Å². The second kappa shape index (κ2) is 18.6. The quantitative estimate of drug-likeness (QED) is 0.123. The zero-order chi connectivity index (χ0) is 60.7. The maximum atomic E-state index is 9.31. The van der Waals surface area contributed by atoms with Crippen LogP contribution in [-0.4, -0.2) is 14.1 Å². The van der Waals surface area contributed by atoms with E-state index in [1.807, 2.05) is 131 Å². The van der Waals surface area contributed by atoms with Crippen LogP contribution in [0.4, 0.5) is 0 Å². The Labute approximate surface area is 475 Å². The van der Waals surface area contributed by atoms with E-state index in [1.165, 1.54) is 18.2 Å². The monoisotopic (exact) mass is 1170 g/mol. The SMILES string of the molecule is [2H]c1c([2H])c([2H])c(-c2cc3c4c(c2)n(-c2[c-]c(Oc5[c-]c6c(cc5)c5ccccc5n6-c5cc(C(C)(C)C)ccn5)ccc2)[c-][n+]4-c2c(cc(-c4c(C([2H])([2H])[2H])cccc4C([2H])([2H])[2H])cc2C(C)(C)C)-c2ccccc2-c2ccccc2-3)c([2H])c1[2H].[Pt]. The number of hydrogen-bond acceptors (Lipinski definition) is 2. The van der Waals surface area contributed by atoms with E-state index in [0.29, 0.717) is 56.2 Å². The summed E-state index contributed by atoms with van der Waals surface area (Å²) in [6, 6.07) is 54.4. The van der Waals surface area contributed by atoms with Crippen molar-refractivity contribution in [2.45, 2.75) is 66.1 Å². The number of aromatic nitrogens is 4. The molecular weight excluding hydrogens is 1110 g/mol. The third kappa shape index (κ3) is 8.20. The average Bonchev–Trinajstić information content (AvgIpc) is 1.64. The van der Waals surface area contributed by atoms with E-state index >= 15 is 0 Å². The summed E-state index contributed by atoms with van der Waals surface area (Å²) in [6.07, 6.45) is 5.60. The van der Waals surface area contributed by atoms with Crippen LogP contribution in [0, 0.1) is 32.2 Å². The van der Waals surface area contributed by atoms with Gasteiger partial charge in [0, 0.05) is 52.5 Å². The maximum Gasteiger partial charge on any atom is 0.268 e. The molecule has 0 N–H and O–H groups in total. The summed E-state index contributed by atoms with van der Waals surface area (Å²) in [5.41, 5.74) is 10.2. The average molecular weight is 1180 g/mol. The number of aryl methyl sites for hydroxylation is 2. The van der Waals surface area contributed by atoms with Crippen molar-refractivity contribution < 1.29 is 45.4 Å². The smallest absolute Gasteiger partial charge is 0.268 e. The van der Waals surface area contributed by atoms with Gasteiger partial charge >= 0.3 is 0 Å². The van der Waals surface area contributed by atoms with Crippen molar-refractivity contribution in [1.29, 1.82) is 0 Å². The van der Waals surface area contributed by atoms with Gasteiger partial charge in [-0.15, -0.1) is 29.7 Å². The second-order valence-corrected chi connectivity index (χ2v) is 21.2. The van der Waals surface area contributed by atoms with Gasteiger partial charge in [0.2, 0.25) is 0 Å². The number of rotatable bonds is 6. The predicted octanol–water partition coefficient (Wildman–Crippen LogP) is 17.4. The van der Waals surface area contributed by atoms with Crippen LogP contribution in [-0.2, 0) is 31.9 Å². The number of hydrogen-bond donors (Lipinski definition) is 0. The van der Waals surface area contributed by atoms with Crippen molar-refractivity contribution in [2.75, 3.05) is 0 Å². The molecule has 1 aliphatic heterocycles. The first kappa shape index (κ1) is 37.6. The summed E-state index contributed by atoms with van der Waals surface area (Å²) >= 11 is 0. The van der Waals surface area contributed by atoms with Crippen molar-refractivity contribution in [3.63, 3.8) is 0 Å². The van der Waals surface area contributed by atoms with Crippen LogP contribution >= 0.6 is 0 Å². The Kier molecular flexibility index (Phi) is 9.21. The van der Waals surface area contributed by atoms with Crippen LogP contribution in [0.3, 0.4) is 0 Å². The van der Waals surface area contributed by atoms with E-state index in [4.69, 9.17) is 22.1 Å². The Morgan fingerprint density at radius 2 is 1.22 bits per heavy atom. The number of fused-ring (bicyclic) bond motifs is 10. The molecule has 374 valence electrons. The van der Waals surface area contributed by atoms with Gasteiger partial charge in [-0.1, -0.05) is 174 Å². The molecule has 9 aromatic carbocycles.